The van der Waals surface area contributed by atoms with Crippen molar-refractivity contribution in [1.82, 2.24) is 9.55 Å². The summed E-state index contributed by atoms with van der Waals surface area (Å²) < 4.78 is 2.14. The fourth-order valence-corrected chi connectivity index (χ4v) is 4.74. The molecular weight excluding hydrogens is 414 g/mol. The van der Waals surface area contributed by atoms with Crippen LogP contribution in [0.4, 0.5) is 5.82 Å². The lowest BCUT2D eigenvalue weighted by atomic mass is 9.96. The van der Waals surface area contributed by atoms with Crippen LogP contribution in [0.2, 0.25) is 0 Å². The summed E-state index contributed by atoms with van der Waals surface area (Å²) in [5, 5.41) is 20.4. The number of anilines is 1. The molecule has 0 radical (unpaired) electrons. The maximum atomic E-state index is 10.1. The summed E-state index contributed by atoms with van der Waals surface area (Å²) in [6.45, 7) is 4.09. The van der Waals surface area contributed by atoms with Gasteiger partial charge in [-0.25, -0.2) is 4.98 Å². The Kier molecular flexibility index (Phi) is 5.98. The molecule has 32 heavy (non-hydrogen) atoms. The van der Waals surface area contributed by atoms with Gasteiger partial charge in [-0.05, 0) is 49.2 Å². The third-order valence-electron chi connectivity index (χ3n) is 5.30. The molecule has 2 N–H and O–H groups in total. The van der Waals surface area contributed by atoms with E-state index in [0.717, 1.165) is 28.2 Å². The first-order chi connectivity index (χ1) is 15.5. The molecule has 0 spiro atoms. The number of aromatic nitrogens is 2. The summed E-state index contributed by atoms with van der Waals surface area (Å²) in [7, 11) is 0. The molecule has 156 valence electrons. The van der Waals surface area contributed by atoms with Crippen molar-refractivity contribution in [1.29, 1.82) is 10.5 Å². The molecule has 6 heteroatoms. The fraction of sp³-hybridized carbons (Fsp3) is 0.115. The third kappa shape index (κ3) is 3.97. The maximum absolute atomic E-state index is 10.1. The zero-order valence-corrected chi connectivity index (χ0v) is 18.6. The Labute approximate surface area is 191 Å². The number of benzene rings is 2. The minimum Gasteiger partial charge on any atom is -0.383 e. The van der Waals surface area contributed by atoms with E-state index in [0.29, 0.717) is 21.9 Å². The van der Waals surface area contributed by atoms with Gasteiger partial charge >= 0.3 is 0 Å². The molecule has 0 unspecified atom stereocenters. The van der Waals surface area contributed by atoms with Gasteiger partial charge in [0.05, 0.1) is 5.56 Å². The number of nitrogens with two attached hydrogens (primary N) is 1. The van der Waals surface area contributed by atoms with Crippen LogP contribution in [-0.2, 0) is 5.75 Å². The number of rotatable bonds is 5. The largest absolute Gasteiger partial charge is 0.383 e. The first-order valence-corrected chi connectivity index (χ1v) is 11.1. The summed E-state index contributed by atoms with van der Waals surface area (Å²) in [6.07, 6.45) is 0. The van der Waals surface area contributed by atoms with Crippen molar-refractivity contribution in [2.24, 2.45) is 0 Å². The van der Waals surface area contributed by atoms with E-state index in [2.05, 4.69) is 33.8 Å². The summed E-state index contributed by atoms with van der Waals surface area (Å²) >= 11 is 1.45. The molecule has 0 aliphatic heterocycles. The van der Waals surface area contributed by atoms with Gasteiger partial charge in [-0.1, -0.05) is 42.5 Å². The molecule has 2 aromatic carbocycles. The fourth-order valence-electron chi connectivity index (χ4n) is 3.79. The Hall–Kier alpha value is -4.00. The molecule has 0 aliphatic carbocycles. The SMILES string of the molecule is Cc1ccc(C)n1-c1cccc(-c2c(C#N)c(N)nc(SCc3ccccc3)c2C#N)c1. The molecule has 0 saturated heterocycles. The van der Waals surface area contributed by atoms with E-state index in [-0.39, 0.29) is 11.4 Å². The highest BCUT2D eigenvalue weighted by Crippen LogP contribution is 2.37. The van der Waals surface area contributed by atoms with Gasteiger partial charge in [-0.2, -0.15) is 10.5 Å². The van der Waals surface area contributed by atoms with Crippen molar-refractivity contribution < 1.29 is 0 Å². The van der Waals surface area contributed by atoms with E-state index in [1.54, 1.807) is 0 Å². The number of thioether (sulfide) groups is 1. The Morgan fingerprint density at radius 2 is 1.59 bits per heavy atom. The molecule has 0 bridgehead atoms. The highest BCUT2D eigenvalue weighted by atomic mass is 32.2. The highest BCUT2D eigenvalue weighted by Gasteiger charge is 2.21. The Balaban J connectivity index is 1.85. The van der Waals surface area contributed by atoms with Crippen LogP contribution in [0.1, 0.15) is 28.1 Å². The van der Waals surface area contributed by atoms with Crippen molar-refractivity contribution in [2.45, 2.75) is 24.6 Å². The van der Waals surface area contributed by atoms with Gasteiger partial charge in [0.25, 0.3) is 0 Å². The average molecular weight is 436 g/mol. The van der Waals surface area contributed by atoms with Gasteiger partial charge in [0.2, 0.25) is 0 Å². The number of hydrogen-bond donors (Lipinski definition) is 1. The summed E-state index contributed by atoms with van der Waals surface area (Å²) in [6, 6.07) is 26.4. The van der Waals surface area contributed by atoms with Crippen LogP contribution in [0, 0.1) is 36.5 Å². The zero-order chi connectivity index (χ0) is 22.7. The van der Waals surface area contributed by atoms with Gasteiger partial charge in [-0.3, -0.25) is 0 Å². The topological polar surface area (TPSA) is 91.4 Å². The average Bonchev–Trinajstić information content (AvgIpc) is 3.15. The second-order valence-electron chi connectivity index (χ2n) is 7.43. The number of hydrogen-bond acceptors (Lipinski definition) is 5. The van der Waals surface area contributed by atoms with E-state index in [4.69, 9.17) is 5.73 Å². The highest BCUT2D eigenvalue weighted by molar-refractivity contribution is 7.98. The normalized spacial score (nSPS) is 10.5. The Bertz CT molecular complexity index is 1350. The minimum atomic E-state index is 0.135. The summed E-state index contributed by atoms with van der Waals surface area (Å²) in [4.78, 5) is 4.41. The van der Waals surface area contributed by atoms with Crippen molar-refractivity contribution in [2.75, 3.05) is 5.73 Å². The number of aryl methyl sites for hydroxylation is 2. The maximum Gasteiger partial charge on any atom is 0.143 e. The van der Waals surface area contributed by atoms with Gasteiger partial charge in [0, 0.05) is 28.4 Å². The third-order valence-corrected chi connectivity index (χ3v) is 6.34. The van der Waals surface area contributed by atoms with Gasteiger partial charge < -0.3 is 10.3 Å². The number of pyridine rings is 1. The zero-order valence-electron chi connectivity index (χ0n) is 17.8. The molecule has 2 aromatic heterocycles. The van der Waals surface area contributed by atoms with Gasteiger partial charge in [0.1, 0.15) is 28.5 Å². The van der Waals surface area contributed by atoms with E-state index >= 15 is 0 Å². The lowest BCUT2D eigenvalue weighted by Gasteiger charge is -2.15. The van der Waals surface area contributed by atoms with Gasteiger partial charge in [-0.15, -0.1) is 11.8 Å². The predicted octanol–water partition coefficient (Wildman–Crippen LogP) is 5.77. The summed E-state index contributed by atoms with van der Waals surface area (Å²) in [5.41, 5.74) is 12.4. The van der Waals surface area contributed by atoms with Crippen molar-refractivity contribution in [3.05, 3.63) is 94.8 Å². The first-order valence-electron chi connectivity index (χ1n) is 10.1. The monoisotopic (exact) mass is 435 g/mol. The van der Waals surface area contributed by atoms with E-state index in [9.17, 15) is 10.5 Å². The second kappa shape index (κ2) is 9.01. The van der Waals surface area contributed by atoms with Crippen LogP contribution in [0.15, 0.2) is 71.8 Å². The number of nitrogen functional groups attached to an aromatic ring is 1. The van der Waals surface area contributed by atoms with Crippen LogP contribution in [-0.4, -0.2) is 9.55 Å². The van der Waals surface area contributed by atoms with Crippen LogP contribution in [0.5, 0.6) is 0 Å². The van der Waals surface area contributed by atoms with Crippen molar-refractivity contribution in [3.8, 4) is 29.0 Å². The van der Waals surface area contributed by atoms with Crippen molar-refractivity contribution >= 4 is 17.6 Å². The predicted molar refractivity (Wildman–Crippen MR) is 128 cm³/mol. The molecule has 5 nitrogen and oxygen atoms in total. The second-order valence-corrected chi connectivity index (χ2v) is 8.39. The van der Waals surface area contributed by atoms with E-state index in [1.165, 1.54) is 11.8 Å². The standard InChI is InChI=1S/C26H21N5S/c1-17-11-12-18(2)31(17)21-10-6-9-20(13-21)24-22(14-27)25(29)30-26(23(24)15-28)32-16-19-7-4-3-5-8-19/h3-13H,16H2,1-2H3,(H2,29,30). The van der Waals surface area contributed by atoms with Crippen LogP contribution < -0.4 is 5.73 Å². The molecule has 2 heterocycles. The first kappa shape index (κ1) is 21.2. The Morgan fingerprint density at radius 1 is 0.906 bits per heavy atom. The van der Waals surface area contributed by atoms with Crippen LogP contribution >= 0.6 is 11.8 Å². The smallest absolute Gasteiger partial charge is 0.143 e. The number of nitriles is 2. The number of nitrogens with zero attached hydrogens (tertiary/aromatic N) is 4. The van der Waals surface area contributed by atoms with E-state index < -0.39 is 0 Å². The molecule has 0 atom stereocenters. The minimum absolute atomic E-state index is 0.135. The molecule has 0 amide bonds. The molecular formula is C26H21N5S. The molecule has 0 fully saturated rings. The Morgan fingerprint density at radius 3 is 2.25 bits per heavy atom. The van der Waals surface area contributed by atoms with Crippen LogP contribution in [0.3, 0.4) is 0 Å². The summed E-state index contributed by atoms with van der Waals surface area (Å²) in [5.74, 6) is 0.783. The molecule has 0 aliphatic rings. The molecule has 4 aromatic rings. The van der Waals surface area contributed by atoms with E-state index in [1.807, 2.05) is 68.4 Å². The van der Waals surface area contributed by atoms with Crippen LogP contribution in [0.25, 0.3) is 16.8 Å². The molecule has 0 saturated carbocycles. The quantitative estimate of drug-likeness (QED) is 0.402. The lowest BCUT2D eigenvalue weighted by Crippen LogP contribution is -2.04. The molecule has 4 rings (SSSR count). The van der Waals surface area contributed by atoms with Gasteiger partial charge in [0.15, 0.2) is 0 Å². The lowest BCUT2D eigenvalue weighted by molar-refractivity contribution is 0.966. The van der Waals surface area contributed by atoms with Crippen molar-refractivity contribution in [3.63, 3.8) is 0 Å².